The van der Waals surface area contributed by atoms with Gasteiger partial charge in [0.2, 0.25) is 11.8 Å². The summed E-state index contributed by atoms with van der Waals surface area (Å²) >= 11 is 0. The molecule has 0 aromatic carbocycles. The van der Waals surface area contributed by atoms with Gasteiger partial charge in [0.05, 0.1) is 77.3 Å². The summed E-state index contributed by atoms with van der Waals surface area (Å²) in [5, 5.41) is 91.1. The number of aliphatic carboxylic acids is 1. The Morgan fingerprint density at radius 2 is 1.15 bits per heavy atom. The molecule has 0 radical (unpaired) electrons. The highest BCUT2D eigenvalue weighted by Crippen LogP contribution is 2.23. The Morgan fingerprint density at radius 1 is 0.689 bits per heavy atom. The predicted molar refractivity (Wildman–Crippen MR) is 205 cm³/mol. The number of hydrogen-bond acceptors (Lipinski definition) is 20. The van der Waals surface area contributed by atoms with Crippen LogP contribution in [-0.4, -0.2) is 209 Å². The highest BCUT2D eigenvalue weighted by Gasteiger charge is 2.46. The topological polar surface area (TPSA) is 337 Å². The van der Waals surface area contributed by atoms with Gasteiger partial charge in [-0.3, -0.25) is 19.3 Å². The summed E-state index contributed by atoms with van der Waals surface area (Å²) in [6.07, 6.45) is -4.36. The number of amides is 2. The number of carbonyl (C=O) groups excluding carboxylic acids is 2. The van der Waals surface area contributed by atoms with Crippen molar-refractivity contribution in [2.45, 2.75) is 127 Å². The van der Waals surface area contributed by atoms with Crippen molar-refractivity contribution in [3.8, 4) is 0 Å². The molecule has 2 aromatic heterocycles. The number of carboxylic acid groups (broad SMARTS) is 1. The van der Waals surface area contributed by atoms with E-state index in [0.717, 1.165) is 12.8 Å². The fourth-order valence-electron chi connectivity index (χ4n) is 6.69. The molecule has 2 fully saturated rings. The maximum absolute atomic E-state index is 11.6. The van der Waals surface area contributed by atoms with E-state index >= 15 is 0 Å². The minimum Gasteiger partial charge on any atom is -0.481 e. The summed E-state index contributed by atoms with van der Waals surface area (Å²) in [5.74, 6) is -1.75. The van der Waals surface area contributed by atoms with E-state index in [1.807, 2.05) is 0 Å². The normalized spacial score (nSPS) is 26.7. The Kier molecular flexibility index (Phi) is 21.2. The maximum atomic E-state index is 11.6. The minimum atomic E-state index is -1.41. The molecule has 2 aliphatic rings. The van der Waals surface area contributed by atoms with Gasteiger partial charge >= 0.3 is 5.97 Å². The van der Waals surface area contributed by atoms with Crippen LogP contribution in [0.2, 0.25) is 0 Å². The molecule has 2 saturated heterocycles. The van der Waals surface area contributed by atoms with Gasteiger partial charge in [0.25, 0.3) is 0 Å². The number of carbonyl (C=O) groups is 3. The monoisotopic (exact) mass is 875 g/mol. The van der Waals surface area contributed by atoms with Crippen molar-refractivity contribution in [1.82, 2.24) is 45.5 Å². The van der Waals surface area contributed by atoms with Crippen LogP contribution in [0.15, 0.2) is 12.4 Å². The average molecular weight is 876 g/mol. The van der Waals surface area contributed by atoms with Gasteiger partial charge in [-0.25, -0.2) is 9.36 Å². The molecule has 25 nitrogen and oxygen atoms in total. The first-order valence-corrected chi connectivity index (χ1v) is 20.2. The smallest absolute Gasteiger partial charge is 0.303 e. The Labute approximate surface area is 351 Å². The summed E-state index contributed by atoms with van der Waals surface area (Å²) < 4.78 is 37.0. The first kappa shape index (κ1) is 49.8. The molecular formula is C36H61N9O16. The summed E-state index contributed by atoms with van der Waals surface area (Å²) in [6, 6.07) is -2.10. The third kappa shape index (κ3) is 16.4. The quantitative estimate of drug-likeness (QED) is 0.0364. The molecule has 4 rings (SSSR count). The zero-order chi connectivity index (χ0) is 44.3. The van der Waals surface area contributed by atoms with Crippen molar-refractivity contribution in [1.29, 1.82) is 0 Å². The van der Waals surface area contributed by atoms with Crippen molar-refractivity contribution in [3.63, 3.8) is 0 Å². The Hall–Kier alpha value is -3.83. The van der Waals surface area contributed by atoms with Gasteiger partial charge in [-0.1, -0.05) is 16.8 Å². The summed E-state index contributed by atoms with van der Waals surface area (Å²) in [7, 11) is 0. The standard InChI is InChI=1S/C36H61N9O16/c1-22(48)37-29-33(54)31(52)26(20-46)60-35(29)58-14-12-56-10-8-44-18-24(39-41-44)16-43(7-5-3-4-6-28(50)51)17-25-19-45(42-40-25)9-11-57-13-15-59-36-30(38-23(2)49)34(55)32(53)27(21-47)61-36/h18-19,26-27,29-36,46-47,52-55H,3-17,20-21H2,1-2H3,(H,37,48)(H,38,49)(H,50,51). The first-order chi connectivity index (χ1) is 29.3. The van der Waals surface area contributed by atoms with Gasteiger partial charge in [-0.05, 0) is 19.4 Å². The molecule has 61 heavy (non-hydrogen) atoms. The number of nitrogens with one attached hydrogen (secondary N) is 2. The van der Waals surface area contributed by atoms with E-state index < -0.39 is 92.3 Å². The van der Waals surface area contributed by atoms with Crippen molar-refractivity contribution < 1.29 is 78.6 Å². The lowest BCUT2D eigenvalue weighted by Crippen LogP contribution is -2.64. The van der Waals surface area contributed by atoms with E-state index in [4.69, 9.17) is 33.5 Å². The van der Waals surface area contributed by atoms with Gasteiger partial charge in [0, 0.05) is 45.8 Å². The molecule has 4 heterocycles. The fourth-order valence-corrected chi connectivity index (χ4v) is 6.69. The lowest BCUT2D eigenvalue weighted by atomic mass is 9.97. The maximum Gasteiger partial charge on any atom is 0.303 e. The molecule has 0 spiro atoms. The Morgan fingerprint density at radius 3 is 1.56 bits per heavy atom. The number of unbranched alkanes of at least 4 members (excludes halogenated alkanes) is 2. The van der Waals surface area contributed by atoms with E-state index in [2.05, 4.69) is 36.2 Å². The summed E-state index contributed by atoms with van der Waals surface area (Å²) in [5.41, 5.74) is 1.38. The molecule has 10 unspecified atom stereocenters. The van der Waals surface area contributed by atoms with Crippen molar-refractivity contribution in [3.05, 3.63) is 23.8 Å². The van der Waals surface area contributed by atoms with E-state index in [-0.39, 0.29) is 46.1 Å². The first-order valence-electron chi connectivity index (χ1n) is 20.2. The molecule has 2 amide bonds. The van der Waals surface area contributed by atoms with Crippen LogP contribution in [-0.2, 0) is 69.0 Å². The number of hydrogen-bond donors (Lipinski definition) is 9. The van der Waals surface area contributed by atoms with Crippen LogP contribution in [0.25, 0.3) is 0 Å². The molecule has 0 aliphatic carbocycles. The number of rotatable bonds is 28. The van der Waals surface area contributed by atoms with Gasteiger partial charge in [-0.2, -0.15) is 0 Å². The van der Waals surface area contributed by atoms with Crippen LogP contribution < -0.4 is 10.6 Å². The van der Waals surface area contributed by atoms with Gasteiger partial charge in [-0.15, -0.1) is 10.2 Å². The zero-order valence-corrected chi connectivity index (χ0v) is 34.4. The largest absolute Gasteiger partial charge is 0.481 e. The van der Waals surface area contributed by atoms with E-state index in [0.29, 0.717) is 50.5 Å². The summed E-state index contributed by atoms with van der Waals surface area (Å²) in [6.45, 7) is 4.50. The van der Waals surface area contributed by atoms with Gasteiger partial charge in [0.15, 0.2) is 12.6 Å². The number of carboxylic acids is 1. The fraction of sp³-hybridized carbons (Fsp3) is 0.806. The third-order valence-corrected chi connectivity index (χ3v) is 9.76. The molecule has 25 heteroatoms. The summed E-state index contributed by atoms with van der Waals surface area (Å²) in [4.78, 5) is 36.3. The molecular weight excluding hydrogens is 814 g/mol. The van der Waals surface area contributed by atoms with Crippen molar-refractivity contribution >= 4 is 17.8 Å². The molecule has 2 aromatic rings. The molecule has 10 atom stereocenters. The van der Waals surface area contributed by atoms with Crippen molar-refractivity contribution in [2.75, 3.05) is 59.4 Å². The van der Waals surface area contributed by atoms with Gasteiger partial charge < -0.3 is 74.8 Å². The number of nitrogens with zero attached hydrogens (tertiary/aromatic N) is 7. The number of ether oxygens (including phenoxy) is 6. The second-order valence-electron chi connectivity index (χ2n) is 14.7. The molecule has 2 aliphatic heterocycles. The third-order valence-electron chi connectivity index (χ3n) is 9.76. The Balaban J connectivity index is 1.19. The van der Waals surface area contributed by atoms with E-state index in [9.17, 15) is 45.0 Å². The molecule has 346 valence electrons. The highest BCUT2D eigenvalue weighted by atomic mass is 16.7. The van der Waals surface area contributed by atoms with Gasteiger partial charge in [0.1, 0.15) is 48.7 Å². The van der Waals surface area contributed by atoms with Crippen LogP contribution in [0.1, 0.15) is 50.9 Å². The molecule has 0 bridgehead atoms. The lowest BCUT2D eigenvalue weighted by Gasteiger charge is -2.42. The SMILES string of the molecule is CC(=O)NC1C(OCCOCCn2cc(CN(CCCCCC(=O)O)Cc3cn(CCOCCOC4OC(CO)C(O)C(O)C4NC(C)=O)nn3)nn2)OC(CO)C(O)C1O. The number of aromatic nitrogens is 6. The number of aliphatic hydroxyl groups excluding tert-OH is 6. The van der Waals surface area contributed by atoms with Crippen molar-refractivity contribution in [2.24, 2.45) is 0 Å². The van der Waals surface area contributed by atoms with Crippen LogP contribution in [0.4, 0.5) is 0 Å². The second kappa shape index (κ2) is 25.9. The van der Waals surface area contributed by atoms with Crippen LogP contribution in [0, 0.1) is 0 Å². The van der Waals surface area contributed by atoms with Crippen LogP contribution >= 0.6 is 0 Å². The minimum absolute atomic E-state index is 0.0313. The molecule has 0 saturated carbocycles. The predicted octanol–water partition coefficient (Wildman–Crippen LogP) is -4.53. The highest BCUT2D eigenvalue weighted by molar-refractivity contribution is 5.73. The lowest BCUT2D eigenvalue weighted by molar-refractivity contribution is -0.272. The number of aliphatic hydroxyl groups is 6. The second-order valence-corrected chi connectivity index (χ2v) is 14.7. The van der Waals surface area contributed by atoms with E-state index in [1.54, 1.807) is 21.8 Å². The zero-order valence-electron chi connectivity index (χ0n) is 34.4. The van der Waals surface area contributed by atoms with E-state index in [1.165, 1.54) is 13.8 Å². The average Bonchev–Trinajstić information content (AvgIpc) is 3.87. The molecule has 9 N–H and O–H groups in total. The van der Waals surface area contributed by atoms with Crippen LogP contribution in [0.5, 0.6) is 0 Å². The van der Waals surface area contributed by atoms with Crippen LogP contribution in [0.3, 0.4) is 0 Å². The Bertz CT molecular complexity index is 1500.